The third-order valence-electron chi connectivity index (χ3n) is 2.26. The van der Waals surface area contributed by atoms with Crippen LogP contribution in [0.1, 0.15) is 19.8 Å². The molecule has 1 saturated carbocycles. The Morgan fingerprint density at radius 1 is 1.60 bits per heavy atom. The maximum absolute atomic E-state index is 10.6. The first-order valence-corrected chi connectivity index (χ1v) is 3.68. The number of hydrogen-bond acceptors (Lipinski definition) is 2. The van der Waals surface area contributed by atoms with Gasteiger partial charge in [0.05, 0.1) is 6.04 Å². The van der Waals surface area contributed by atoms with Gasteiger partial charge < -0.3 is 11.5 Å². The fraction of sp³-hybridized carbons (Fsp3) is 0.857. The van der Waals surface area contributed by atoms with Crippen LogP contribution in [-0.4, -0.2) is 11.9 Å². The first kappa shape index (κ1) is 7.54. The molecule has 1 fully saturated rings. The number of carbonyl (C=O) groups excluding carboxylic acids is 1. The molecule has 1 aliphatic rings. The van der Waals surface area contributed by atoms with Crippen molar-refractivity contribution in [1.82, 2.24) is 0 Å². The molecule has 3 nitrogen and oxygen atoms in total. The molecule has 0 aromatic rings. The number of carbonyl (C=O) groups is 1. The van der Waals surface area contributed by atoms with E-state index in [-0.39, 0.29) is 11.8 Å². The van der Waals surface area contributed by atoms with Crippen molar-refractivity contribution in [3.05, 3.63) is 0 Å². The van der Waals surface area contributed by atoms with E-state index in [9.17, 15) is 4.79 Å². The monoisotopic (exact) mass is 142 g/mol. The molecule has 1 unspecified atom stereocenters. The van der Waals surface area contributed by atoms with Crippen LogP contribution >= 0.6 is 0 Å². The van der Waals surface area contributed by atoms with Crippen LogP contribution in [0.4, 0.5) is 0 Å². The lowest BCUT2D eigenvalue weighted by Gasteiger charge is -2.14. The Hall–Kier alpha value is -0.570. The minimum atomic E-state index is -0.438. The topological polar surface area (TPSA) is 69.1 Å². The lowest BCUT2D eigenvalue weighted by Crippen LogP contribution is -2.42. The van der Waals surface area contributed by atoms with Crippen molar-refractivity contribution in [2.24, 2.45) is 23.3 Å². The Balaban J connectivity index is 2.38. The molecule has 1 amide bonds. The highest BCUT2D eigenvalue weighted by Crippen LogP contribution is 2.37. The normalized spacial score (nSPS) is 23.8. The summed E-state index contributed by atoms with van der Waals surface area (Å²) >= 11 is 0. The van der Waals surface area contributed by atoms with Crippen LogP contribution in [0.15, 0.2) is 0 Å². The Bertz CT molecular complexity index is 143. The molecule has 0 bridgehead atoms. The molecule has 0 saturated heterocycles. The van der Waals surface area contributed by atoms with E-state index in [4.69, 9.17) is 11.5 Å². The summed E-state index contributed by atoms with van der Waals surface area (Å²) in [6.45, 7) is 1.99. The van der Waals surface area contributed by atoms with Gasteiger partial charge in [-0.05, 0) is 24.7 Å². The first-order chi connectivity index (χ1) is 4.63. The van der Waals surface area contributed by atoms with E-state index in [1.165, 1.54) is 12.8 Å². The molecule has 1 aliphatic carbocycles. The molecule has 0 aliphatic heterocycles. The van der Waals surface area contributed by atoms with E-state index < -0.39 is 6.04 Å². The number of amides is 1. The molecule has 3 heteroatoms. The second-order valence-electron chi connectivity index (χ2n) is 3.12. The maximum Gasteiger partial charge on any atom is 0.234 e. The minimum absolute atomic E-state index is 0.275. The van der Waals surface area contributed by atoms with Gasteiger partial charge in [0.1, 0.15) is 0 Å². The fourth-order valence-electron chi connectivity index (χ4n) is 1.17. The van der Waals surface area contributed by atoms with Crippen LogP contribution in [0, 0.1) is 11.8 Å². The second-order valence-corrected chi connectivity index (χ2v) is 3.12. The Morgan fingerprint density at radius 2 is 2.10 bits per heavy atom. The third kappa shape index (κ3) is 1.48. The zero-order chi connectivity index (χ0) is 7.72. The summed E-state index contributed by atoms with van der Waals surface area (Å²) in [5.41, 5.74) is 10.6. The van der Waals surface area contributed by atoms with Gasteiger partial charge in [0.25, 0.3) is 0 Å². The average molecular weight is 142 g/mol. The summed E-state index contributed by atoms with van der Waals surface area (Å²) in [7, 11) is 0. The molecule has 4 N–H and O–H groups in total. The SMILES string of the molecule is C[C@@H](C1CC1)C(N)C(N)=O. The molecule has 0 aromatic carbocycles. The lowest BCUT2D eigenvalue weighted by atomic mass is 9.97. The summed E-state index contributed by atoms with van der Waals surface area (Å²) in [4.78, 5) is 10.6. The van der Waals surface area contributed by atoms with Crippen LogP contribution in [0.2, 0.25) is 0 Å². The maximum atomic E-state index is 10.6. The third-order valence-corrected chi connectivity index (χ3v) is 2.26. The zero-order valence-electron chi connectivity index (χ0n) is 6.21. The highest BCUT2D eigenvalue weighted by atomic mass is 16.1. The molecule has 10 heavy (non-hydrogen) atoms. The van der Waals surface area contributed by atoms with Crippen molar-refractivity contribution in [3.63, 3.8) is 0 Å². The van der Waals surface area contributed by atoms with Gasteiger partial charge in [-0.2, -0.15) is 0 Å². The summed E-state index contributed by atoms with van der Waals surface area (Å²) in [5, 5.41) is 0. The van der Waals surface area contributed by atoms with Crippen molar-refractivity contribution in [3.8, 4) is 0 Å². The smallest absolute Gasteiger partial charge is 0.234 e. The number of hydrogen-bond donors (Lipinski definition) is 2. The highest BCUT2D eigenvalue weighted by Gasteiger charge is 2.33. The molecule has 1 rings (SSSR count). The van der Waals surface area contributed by atoms with Gasteiger partial charge in [-0.1, -0.05) is 6.92 Å². The Labute approximate surface area is 60.8 Å². The zero-order valence-corrected chi connectivity index (χ0v) is 6.21. The minimum Gasteiger partial charge on any atom is -0.368 e. The largest absolute Gasteiger partial charge is 0.368 e. The first-order valence-electron chi connectivity index (χ1n) is 3.68. The molecule has 58 valence electrons. The summed E-state index contributed by atoms with van der Waals surface area (Å²) in [6.07, 6.45) is 2.42. The average Bonchev–Trinajstić information content (AvgIpc) is 2.65. The molecule has 0 radical (unpaired) electrons. The van der Waals surface area contributed by atoms with Gasteiger partial charge in [0.2, 0.25) is 5.91 Å². The highest BCUT2D eigenvalue weighted by molar-refractivity contribution is 5.79. The van der Waals surface area contributed by atoms with E-state index in [2.05, 4.69) is 0 Å². The molecule has 2 atom stereocenters. The predicted molar refractivity (Wildman–Crippen MR) is 39.1 cm³/mol. The van der Waals surface area contributed by atoms with Crippen LogP contribution < -0.4 is 11.5 Å². The van der Waals surface area contributed by atoms with Gasteiger partial charge in [0.15, 0.2) is 0 Å². The lowest BCUT2D eigenvalue weighted by molar-refractivity contribution is -0.120. The summed E-state index contributed by atoms with van der Waals surface area (Å²) in [6, 6.07) is -0.438. The van der Waals surface area contributed by atoms with Crippen molar-refractivity contribution < 1.29 is 4.79 Å². The van der Waals surface area contributed by atoms with Crippen molar-refractivity contribution in [1.29, 1.82) is 0 Å². The number of primary amides is 1. The van der Waals surface area contributed by atoms with E-state index in [1.807, 2.05) is 6.92 Å². The Kier molecular flexibility index (Phi) is 1.94. The van der Waals surface area contributed by atoms with Gasteiger partial charge in [0, 0.05) is 0 Å². The van der Waals surface area contributed by atoms with Gasteiger partial charge in [-0.25, -0.2) is 0 Å². The number of nitrogens with two attached hydrogens (primary N) is 2. The van der Waals surface area contributed by atoms with E-state index in [0.717, 1.165) is 0 Å². The van der Waals surface area contributed by atoms with Crippen LogP contribution in [0.3, 0.4) is 0 Å². The predicted octanol–water partition coefficient (Wildman–Crippen LogP) is -0.155. The van der Waals surface area contributed by atoms with E-state index >= 15 is 0 Å². The van der Waals surface area contributed by atoms with Gasteiger partial charge in [-0.3, -0.25) is 4.79 Å². The van der Waals surface area contributed by atoms with Crippen LogP contribution in [0.25, 0.3) is 0 Å². The number of rotatable bonds is 3. The summed E-state index contributed by atoms with van der Waals surface area (Å²) in [5.74, 6) is 0.555. The standard InChI is InChI=1S/C7H14N2O/c1-4(5-2-3-5)6(8)7(9)10/h4-6H,2-3,8H2,1H3,(H2,9,10)/t4-,6?/m0/s1. The van der Waals surface area contributed by atoms with Gasteiger partial charge in [-0.15, -0.1) is 0 Å². The van der Waals surface area contributed by atoms with E-state index in [0.29, 0.717) is 5.92 Å². The molecule has 0 aromatic heterocycles. The molecule has 0 spiro atoms. The van der Waals surface area contributed by atoms with Crippen molar-refractivity contribution >= 4 is 5.91 Å². The quantitative estimate of drug-likeness (QED) is 0.575. The van der Waals surface area contributed by atoms with Crippen LogP contribution in [0.5, 0.6) is 0 Å². The molecule has 0 heterocycles. The summed E-state index contributed by atoms with van der Waals surface area (Å²) < 4.78 is 0. The second kappa shape index (κ2) is 2.58. The Morgan fingerprint density at radius 3 is 2.40 bits per heavy atom. The van der Waals surface area contributed by atoms with Crippen molar-refractivity contribution in [2.75, 3.05) is 0 Å². The van der Waals surface area contributed by atoms with Crippen molar-refractivity contribution in [2.45, 2.75) is 25.8 Å². The molecular weight excluding hydrogens is 128 g/mol. The van der Waals surface area contributed by atoms with Gasteiger partial charge >= 0.3 is 0 Å². The fourth-order valence-corrected chi connectivity index (χ4v) is 1.17. The van der Waals surface area contributed by atoms with E-state index in [1.54, 1.807) is 0 Å². The van der Waals surface area contributed by atoms with Crippen LogP contribution in [-0.2, 0) is 4.79 Å². The molecular formula is C7H14N2O.